The maximum absolute atomic E-state index is 12.7. The van der Waals surface area contributed by atoms with Gasteiger partial charge in [0.2, 0.25) is 0 Å². The summed E-state index contributed by atoms with van der Waals surface area (Å²) < 4.78 is 25.7. The van der Waals surface area contributed by atoms with Crippen LogP contribution in [0.2, 0.25) is 5.02 Å². The van der Waals surface area contributed by atoms with Crippen LogP contribution in [0.5, 0.6) is 0 Å². The molecule has 0 fully saturated rings. The zero-order chi connectivity index (χ0) is 18.8. The van der Waals surface area contributed by atoms with Crippen molar-refractivity contribution in [3.05, 3.63) is 67.7 Å². The maximum Gasteiger partial charge on any atom is 0.303 e. The van der Waals surface area contributed by atoms with E-state index >= 15 is 0 Å². The molecule has 0 saturated carbocycles. The van der Waals surface area contributed by atoms with E-state index in [9.17, 15) is 28.6 Å². The second-order valence-corrected chi connectivity index (χ2v) is 6.75. The molecular weight excluding hydrogens is 378 g/mol. The van der Waals surface area contributed by atoms with Gasteiger partial charge in [-0.3, -0.25) is 25.1 Å². The van der Waals surface area contributed by atoms with Gasteiger partial charge < -0.3 is 0 Å². The Balaban J connectivity index is 2.65. The second-order valence-electron chi connectivity index (χ2n) is 4.56. The van der Waals surface area contributed by atoms with E-state index in [1.807, 2.05) is 0 Å². The molecule has 0 aliphatic carbocycles. The number of sulfonamides is 1. The van der Waals surface area contributed by atoms with Crippen molar-refractivity contribution in [3.63, 3.8) is 0 Å². The molecular formula is C13H10ClN3O7S. The summed E-state index contributed by atoms with van der Waals surface area (Å²) in [6, 6.07) is 7.70. The van der Waals surface area contributed by atoms with Crippen molar-refractivity contribution in [1.29, 1.82) is 0 Å². The number of nitro benzene ring substituents is 2. The van der Waals surface area contributed by atoms with Gasteiger partial charge in [0.25, 0.3) is 15.7 Å². The van der Waals surface area contributed by atoms with Crippen molar-refractivity contribution in [1.82, 2.24) is 0 Å². The summed E-state index contributed by atoms with van der Waals surface area (Å²) in [5, 5.41) is 22.1. The van der Waals surface area contributed by atoms with Crippen LogP contribution < -0.4 is 4.47 Å². The lowest BCUT2D eigenvalue weighted by Crippen LogP contribution is -2.30. The summed E-state index contributed by atoms with van der Waals surface area (Å²) in [4.78, 5) is 24.8. The standard InChI is InChI=1S/C13H10ClN3O7S/c1-24-17(25(22,23)11-4-2-3-9(14)7-11)12-6-5-10(15(18)19)8-13(12)16(20)21/h2-8H,1H3. The predicted molar refractivity (Wildman–Crippen MR) is 87.9 cm³/mol. The number of non-ortho nitro benzene ring substituents is 1. The van der Waals surface area contributed by atoms with Gasteiger partial charge in [-0.15, -0.1) is 4.47 Å². The number of anilines is 1. The van der Waals surface area contributed by atoms with Crippen molar-refractivity contribution in [2.45, 2.75) is 4.90 Å². The van der Waals surface area contributed by atoms with Gasteiger partial charge >= 0.3 is 5.69 Å². The van der Waals surface area contributed by atoms with Crippen molar-refractivity contribution >= 4 is 38.7 Å². The molecule has 0 bridgehead atoms. The van der Waals surface area contributed by atoms with E-state index in [4.69, 9.17) is 16.4 Å². The number of nitro groups is 2. The van der Waals surface area contributed by atoms with E-state index < -0.39 is 36.9 Å². The van der Waals surface area contributed by atoms with Crippen molar-refractivity contribution in [2.24, 2.45) is 0 Å². The molecule has 0 radical (unpaired) electrons. The van der Waals surface area contributed by atoms with Crippen LogP contribution in [-0.4, -0.2) is 25.4 Å². The third kappa shape index (κ3) is 3.68. The minimum Gasteiger partial charge on any atom is -0.262 e. The van der Waals surface area contributed by atoms with Crippen LogP contribution in [-0.2, 0) is 14.9 Å². The summed E-state index contributed by atoms with van der Waals surface area (Å²) in [5.74, 6) is 0. The summed E-state index contributed by atoms with van der Waals surface area (Å²) >= 11 is 5.78. The third-order valence-electron chi connectivity index (χ3n) is 3.04. The molecule has 0 unspecified atom stereocenters. The Bertz CT molecular complexity index is 948. The normalized spacial score (nSPS) is 11.1. The first-order chi connectivity index (χ1) is 11.7. The lowest BCUT2D eigenvalue weighted by molar-refractivity contribution is -0.393. The number of hydrogen-bond donors (Lipinski definition) is 0. The molecule has 0 spiro atoms. The van der Waals surface area contributed by atoms with Crippen molar-refractivity contribution < 1.29 is 23.1 Å². The van der Waals surface area contributed by atoms with E-state index in [1.165, 1.54) is 18.2 Å². The summed E-state index contributed by atoms with van der Waals surface area (Å²) in [5.41, 5.74) is -1.86. The fourth-order valence-corrected chi connectivity index (χ4v) is 3.56. The quantitative estimate of drug-likeness (QED) is 0.549. The highest BCUT2D eigenvalue weighted by Crippen LogP contribution is 2.35. The van der Waals surface area contributed by atoms with Gasteiger partial charge in [0, 0.05) is 11.1 Å². The third-order valence-corrected chi connectivity index (χ3v) is 4.91. The lowest BCUT2D eigenvalue weighted by atomic mass is 10.2. The van der Waals surface area contributed by atoms with E-state index in [2.05, 4.69) is 0 Å². The first-order valence-electron chi connectivity index (χ1n) is 6.46. The fourth-order valence-electron chi connectivity index (χ4n) is 1.98. The first kappa shape index (κ1) is 18.6. The monoisotopic (exact) mass is 387 g/mol. The zero-order valence-electron chi connectivity index (χ0n) is 12.5. The number of nitrogens with zero attached hydrogens (tertiary/aromatic N) is 3. The Morgan fingerprint density at radius 1 is 1.08 bits per heavy atom. The molecule has 2 aromatic rings. The highest BCUT2D eigenvalue weighted by molar-refractivity contribution is 7.92. The first-order valence-corrected chi connectivity index (χ1v) is 8.28. The number of hydrogen-bond acceptors (Lipinski definition) is 7. The van der Waals surface area contributed by atoms with E-state index in [0.29, 0.717) is 10.5 Å². The molecule has 0 heterocycles. The van der Waals surface area contributed by atoms with Crippen molar-refractivity contribution in [3.8, 4) is 0 Å². The van der Waals surface area contributed by atoms with Crippen LogP contribution in [0, 0.1) is 20.2 Å². The SMILES string of the molecule is CON(c1ccc([N+](=O)[O-])cc1[N+](=O)[O-])S(=O)(=O)c1cccc(Cl)c1. The van der Waals surface area contributed by atoms with E-state index in [1.54, 1.807) is 0 Å². The summed E-state index contributed by atoms with van der Waals surface area (Å²) in [7, 11) is -3.37. The molecule has 0 aromatic heterocycles. The Morgan fingerprint density at radius 2 is 1.76 bits per heavy atom. The second kappa shape index (κ2) is 7.01. The van der Waals surface area contributed by atoms with E-state index in [0.717, 1.165) is 25.3 Å². The molecule has 0 amide bonds. The topological polar surface area (TPSA) is 133 Å². The van der Waals surface area contributed by atoms with Gasteiger partial charge in [-0.2, -0.15) is 8.42 Å². The van der Waals surface area contributed by atoms with Crippen molar-refractivity contribution in [2.75, 3.05) is 11.6 Å². The largest absolute Gasteiger partial charge is 0.303 e. The number of benzene rings is 2. The molecule has 2 rings (SSSR count). The van der Waals surface area contributed by atoms with Crippen LogP contribution in [0.3, 0.4) is 0 Å². The van der Waals surface area contributed by atoms with E-state index in [-0.39, 0.29) is 9.92 Å². The summed E-state index contributed by atoms with van der Waals surface area (Å²) in [6.45, 7) is 0. The fraction of sp³-hybridized carbons (Fsp3) is 0.0769. The molecule has 25 heavy (non-hydrogen) atoms. The molecule has 0 N–H and O–H groups in total. The zero-order valence-corrected chi connectivity index (χ0v) is 14.1. The molecule has 132 valence electrons. The molecule has 0 saturated heterocycles. The minimum atomic E-state index is -4.36. The average Bonchev–Trinajstić information content (AvgIpc) is 2.55. The van der Waals surface area contributed by atoms with Gasteiger partial charge in [-0.05, 0) is 24.3 Å². The minimum absolute atomic E-state index is 0.135. The Kier molecular flexibility index (Phi) is 5.21. The van der Waals surface area contributed by atoms with Gasteiger partial charge in [0.1, 0.15) is 0 Å². The number of halogens is 1. The number of rotatable bonds is 6. The molecule has 0 aliphatic rings. The van der Waals surface area contributed by atoms with Crippen LogP contribution in [0.1, 0.15) is 0 Å². The van der Waals surface area contributed by atoms with Gasteiger partial charge in [0.15, 0.2) is 5.69 Å². The average molecular weight is 388 g/mol. The van der Waals surface area contributed by atoms with Crippen LogP contribution in [0.25, 0.3) is 0 Å². The molecule has 2 aromatic carbocycles. The highest BCUT2D eigenvalue weighted by atomic mass is 35.5. The molecule has 0 aliphatic heterocycles. The Hall–Kier alpha value is -2.76. The van der Waals surface area contributed by atoms with Gasteiger partial charge in [-0.25, -0.2) is 0 Å². The Morgan fingerprint density at radius 3 is 2.28 bits per heavy atom. The molecule has 0 atom stereocenters. The Labute approximate surface area is 146 Å². The predicted octanol–water partition coefficient (Wildman–Crippen LogP) is 2.91. The van der Waals surface area contributed by atoms with Gasteiger partial charge in [-0.1, -0.05) is 17.7 Å². The van der Waals surface area contributed by atoms with Crippen LogP contribution >= 0.6 is 11.6 Å². The van der Waals surface area contributed by atoms with Crippen LogP contribution in [0.15, 0.2) is 47.4 Å². The van der Waals surface area contributed by atoms with Crippen LogP contribution in [0.4, 0.5) is 17.1 Å². The summed E-state index contributed by atoms with van der Waals surface area (Å²) in [6.07, 6.45) is 0. The molecule has 10 nitrogen and oxygen atoms in total. The smallest absolute Gasteiger partial charge is 0.262 e. The molecule has 12 heteroatoms. The highest BCUT2D eigenvalue weighted by Gasteiger charge is 2.32. The lowest BCUT2D eigenvalue weighted by Gasteiger charge is -2.21. The maximum atomic E-state index is 12.7. The van der Waals surface area contributed by atoms with Gasteiger partial charge in [0.05, 0.1) is 27.9 Å².